The Hall–Kier alpha value is -2.32. The molecule has 3 N–H and O–H groups in total. The number of rotatable bonds is 8. The molecule has 3 rings (SSSR count). The number of nitrogens with one attached hydrogen (secondary N) is 1. The lowest BCUT2D eigenvalue weighted by Gasteiger charge is -2.17. The second kappa shape index (κ2) is 7.13. The van der Waals surface area contributed by atoms with Gasteiger partial charge in [-0.05, 0) is 37.5 Å². The van der Waals surface area contributed by atoms with E-state index in [9.17, 15) is 22.8 Å². The summed E-state index contributed by atoms with van der Waals surface area (Å²) in [7, 11) is 0. The summed E-state index contributed by atoms with van der Waals surface area (Å²) in [6.45, 7) is -1.43. The second-order valence-electron chi connectivity index (χ2n) is 6.87. The summed E-state index contributed by atoms with van der Waals surface area (Å²) in [5.74, 6) is -0.728. The smallest absolute Gasteiger partial charge is 0.422 e. The Morgan fingerprint density at radius 2 is 2.00 bits per heavy atom. The first-order chi connectivity index (χ1) is 12.2. The summed E-state index contributed by atoms with van der Waals surface area (Å²) >= 11 is 0. The average molecular weight is 371 g/mol. The minimum Gasteiger partial charge on any atom is -0.484 e. The van der Waals surface area contributed by atoms with Gasteiger partial charge in [-0.1, -0.05) is 0 Å². The Morgan fingerprint density at radius 3 is 2.54 bits per heavy atom. The number of pyridine rings is 1. The number of aromatic nitrogens is 1. The van der Waals surface area contributed by atoms with Crippen LogP contribution in [0.3, 0.4) is 0 Å². The number of carbonyl (C=O) groups excluding carboxylic acids is 2. The number of nitrogens with zero attached hydrogens (tertiary/aromatic N) is 1. The minimum atomic E-state index is -4.47. The largest absolute Gasteiger partial charge is 0.484 e. The average Bonchev–Trinajstić information content (AvgIpc) is 3.44. The van der Waals surface area contributed by atoms with E-state index < -0.39 is 24.6 Å². The van der Waals surface area contributed by atoms with Gasteiger partial charge in [-0.2, -0.15) is 13.2 Å². The van der Waals surface area contributed by atoms with Crippen molar-refractivity contribution >= 4 is 11.8 Å². The third-order valence-electron chi connectivity index (χ3n) is 4.46. The molecule has 6 nitrogen and oxygen atoms in total. The monoisotopic (exact) mass is 371 g/mol. The molecular formula is C17H20F3N3O3. The second-order valence-corrected chi connectivity index (χ2v) is 6.87. The number of hydrogen-bond donors (Lipinski definition) is 2. The van der Waals surface area contributed by atoms with E-state index in [1.165, 1.54) is 12.3 Å². The Kier molecular flexibility index (Phi) is 5.06. The van der Waals surface area contributed by atoms with Gasteiger partial charge >= 0.3 is 6.18 Å². The van der Waals surface area contributed by atoms with Crippen molar-refractivity contribution in [1.82, 2.24) is 10.3 Å². The molecule has 1 heterocycles. The zero-order valence-corrected chi connectivity index (χ0v) is 14.0. The van der Waals surface area contributed by atoms with Crippen LogP contribution in [0.1, 0.15) is 54.1 Å². The van der Waals surface area contributed by atoms with Gasteiger partial charge in [-0.3, -0.25) is 14.6 Å². The van der Waals surface area contributed by atoms with E-state index in [0.717, 1.165) is 25.7 Å². The molecule has 1 aromatic heterocycles. The van der Waals surface area contributed by atoms with Crippen LogP contribution in [-0.4, -0.2) is 35.6 Å². The number of carbonyl (C=O) groups is 2. The van der Waals surface area contributed by atoms with Crippen molar-refractivity contribution in [3.63, 3.8) is 0 Å². The highest BCUT2D eigenvalue weighted by atomic mass is 19.4. The zero-order valence-electron chi connectivity index (χ0n) is 14.0. The number of primary amides is 1. The first-order valence-electron chi connectivity index (χ1n) is 8.51. The van der Waals surface area contributed by atoms with Crippen LogP contribution in [0.5, 0.6) is 5.75 Å². The van der Waals surface area contributed by atoms with E-state index >= 15 is 0 Å². The van der Waals surface area contributed by atoms with Crippen molar-refractivity contribution in [3.05, 3.63) is 23.5 Å². The summed E-state index contributed by atoms with van der Waals surface area (Å²) in [4.78, 5) is 27.6. The van der Waals surface area contributed by atoms with Crippen LogP contribution in [-0.2, 0) is 4.79 Å². The Morgan fingerprint density at radius 1 is 1.31 bits per heavy atom. The van der Waals surface area contributed by atoms with Crippen molar-refractivity contribution < 1.29 is 27.5 Å². The van der Waals surface area contributed by atoms with Crippen LogP contribution in [0, 0.1) is 5.92 Å². The normalized spacial score (nSPS) is 18.3. The van der Waals surface area contributed by atoms with E-state index in [0.29, 0.717) is 5.56 Å². The topological polar surface area (TPSA) is 94.3 Å². The Balaban J connectivity index is 1.73. The van der Waals surface area contributed by atoms with Crippen molar-refractivity contribution in [2.24, 2.45) is 11.7 Å². The van der Waals surface area contributed by atoms with Crippen molar-refractivity contribution in [1.29, 1.82) is 0 Å². The van der Waals surface area contributed by atoms with Gasteiger partial charge in [0.2, 0.25) is 5.91 Å². The maximum atomic E-state index is 12.5. The summed E-state index contributed by atoms with van der Waals surface area (Å²) in [5.41, 5.74) is 5.75. The first-order valence-corrected chi connectivity index (χ1v) is 8.51. The molecule has 0 radical (unpaired) electrons. The standard InChI is InChI=1S/C17H20F3N3O3/c18-17(19,20)8-26-14-5-13(22-7-11(14)9-1-2-9)16(25)23-12(6-15(21)24)10-3-4-10/h5,7,9-10,12H,1-4,6,8H2,(H2,21,24)(H,23,25). The number of ether oxygens (including phenoxy) is 1. The molecule has 0 spiro atoms. The number of hydrogen-bond acceptors (Lipinski definition) is 4. The predicted molar refractivity (Wildman–Crippen MR) is 85.6 cm³/mol. The van der Waals surface area contributed by atoms with Crippen molar-refractivity contribution in [2.45, 2.75) is 50.2 Å². The van der Waals surface area contributed by atoms with E-state index in [1.54, 1.807) is 0 Å². The highest BCUT2D eigenvalue weighted by Gasteiger charge is 2.35. The molecule has 2 saturated carbocycles. The molecule has 2 amide bonds. The van der Waals surface area contributed by atoms with E-state index in [-0.39, 0.29) is 35.7 Å². The third kappa shape index (κ3) is 5.09. The van der Waals surface area contributed by atoms with Crippen molar-refractivity contribution in [3.8, 4) is 5.75 Å². The van der Waals surface area contributed by atoms with E-state index in [1.807, 2.05) is 0 Å². The fraction of sp³-hybridized carbons (Fsp3) is 0.588. The Bertz CT molecular complexity index is 700. The number of alkyl halides is 3. The van der Waals surface area contributed by atoms with Crippen LogP contribution in [0.2, 0.25) is 0 Å². The fourth-order valence-electron chi connectivity index (χ4n) is 2.85. The van der Waals surface area contributed by atoms with Gasteiger partial charge in [-0.15, -0.1) is 0 Å². The number of amides is 2. The first kappa shape index (κ1) is 18.5. The van der Waals surface area contributed by atoms with Crippen LogP contribution >= 0.6 is 0 Å². The predicted octanol–water partition coefficient (Wildman–Crippen LogP) is 2.28. The van der Waals surface area contributed by atoms with E-state index in [4.69, 9.17) is 10.5 Å². The summed E-state index contributed by atoms with van der Waals surface area (Å²) in [6.07, 6.45) is 0.464. The molecule has 0 bridgehead atoms. The molecule has 2 aliphatic carbocycles. The van der Waals surface area contributed by atoms with Gasteiger partial charge in [-0.25, -0.2) is 0 Å². The van der Waals surface area contributed by atoms with Gasteiger partial charge in [0, 0.05) is 30.3 Å². The van der Waals surface area contributed by atoms with Gasteiger partial charge < -0.3 is 15.8 Å². The van der Waals surface area contributed by atoms with Gasteiger partial charge in [0.05, 0.1) is 0 Å². The van der Waals surface area contributed by atoms with E-state index in [2.05, 4.69) is 10.3 Å². The molecule has 0 saturated heterocycles. The SMILES string of the molecule is NC(=O)CC(NC(=O)c1cc(OCC(F)(F)F)c(C2CC2)cn1)C1CC1. The van der Waals surface area contributed by atoms with Crippen molar-refractivity contribution in [2.75, 3.05) is 6.61 Å². The molecule has 26 heavy (non-hydrogen) atoms. The molecule has 1 aromatic rings. The molecule has 1 atom stereocenters. The molecule has 1 unspecified atom stereocenters. The lowest BCUT2D eigenvalue weighted by atomic mass is 10.1. The highest BCUT2D eigenvalue weighted by molar-refractivity contribution is 5.93. The summed E-state index contributed by atoms with van der Waals surface area (Å²) in [6, 6.07) is 0.854. The van der Waals surface area contributed by atoms with Crippen LogP contribution < -0.4 is 15.8 Å². The van der Waals surface area contributed by atoms with Gasteiger partial charge in [0.15, 0.2) is 6.61 Å². The zero-order chi connectivity index (χ0) is 18.9. The number of halogens is 3. The quantitative estimate of drug-likeness (QED) is 0.733. The third-order valence-corrected chi connectivity index (χ3v) is 4.46. The molecule has 0 aliphatic heterocycles. The van der Waals surface area contributed by atoms with Gasteiger partial charge in [0.1, 0.15) is 11.4 Å². The molecule has 9 heteroatoms. The van der Waals surface area contributed by atoms with Gasteiger partial charge in [0.25, 0.3) is 5.91 Å². The lowest BCUT2D eigenvalue weighted by Crippen LogP contribution is -2.39. The van der Waals surface area contributed by atoms with Crippen LogP contribution in [0.25, 0.3) is 0 Å². The number of nitrogens with two attached hydrogens (primary N) is 1. The Labute approximate surface area is 148 Å². The highest BCUT2D eigenvalue weighted by Crippen LogP contribution is 2.44. The fourth-order valence-corrected chi connectivity index (χ4v) is 2.85. The molecule has 2 aliphatic rings. The molecule has 142 valence electrons. The van der Waals surface area contributed by atoms with Crippen LogP contribution in [0.4, 0.5) is 13.2 Å². The van der Waals surface area contributed by atoms with Crippen LogP contribution in [0.15, 0.2) is 12.3 Å². The maximum absolute atomic E-state index is 12.5. The summed E-state index contributed by atoms with van der Waals surface area (Å²) < 4.78 is 42.3. The lowest BCUT2D eigenvalue weighted by molar-refractivity contribution is -0.153. The molecule has 0 aromatic carbocycles. The maximum Gasteiger partial charge on any atom is 0.422 e. The summed E-state index contributed by atoms with van der Waals surface area (Å²) in [5, 5.41) is 2.71. The molecule has 2 fully saturated rings. The minimum absolute atomic E-state index is 0.0218. The molecular weight excluding hydrogens is 351 g/mol.